The highest BCUT2D eigenvalue weighted by atomic mass is 19.4. The molecule has 3 saturated carbocycles. The number of alkyl halides is 3. The number of hydrogen-bond acceptors (Lipinski definition) is 5. The van der Waals surface area contributed by atoms with Crippen molar-refractivity contribution in [3.8, 4) is 11.5 Å². The van der Waals surface area contributed by atoms with E-state index in [4.69, 9.17) is 9.47 Å². The van der Waals surface area contributed by atoms with Crippen molar-refractivity contribution in [2.24, 2.45) is 23.7 Å². The lowest BCUT2D eigenvalue weighted by molar-refractivity contribution is -0.140. The Balaban J connectivity index is 1.33. The van der Waals surface area contributed by atoms with Gasteiger partial charge >= 0.3 is 6.18 Å². The number of amides is 2. The third-order valence-electron chi connectivity index (χ3n) is 8.76. The average Bonchev–Trinajstić information content (AvgIpc) is 3.56. The molecule has 3 aliphatic carbocycles. The van der Waals surface area contributed by atoms with E-state index < -0.39 is 47.1 Å². The zero-order valence-electron chi connectivity index (χ0n) is 22.8. The number of carbonyl (C=O) groups is 3. The molecule has 0 aromatic heterocycles. The van der Waals surface area contributed by atoms with E-state index in [1.165, 1.54) is 13.2 Å². The first-order valence-corrected chi connectivity index (χ1v) is 14.0. The number of hydrogen-bond donors (Lipinski definition) is 2. The molecule has 2 aromatic rings. The van der Waals surface area contributed by atoms with Gasteiger partial charge in [0.15, 0.2) is 11.6 Å². The molecule has 2 bridgehead atoms. The number of benzene rings is 2. The molecule has 0 radical (unpaired) electrons. The number of carbonyl (C=O) groups excluding carboxylic acids is 3. The van der Waals surface area contributed by atoms with Gasteiger partial charge in [0.05, 0.1) is 30.3 Å². The lowest BCUT2D eigenvalue weighted by Crippen LogP contribution is -2.48. The Morgan fingerprint density at radius 2 is 1.64 bits per heavy atom. The van der Waals surface area contributed by atoms with Crippen LogP contribution in [0.4, 0.5) is 27.6 Å². The van der Waals surface area contributed by atoms with Crippen LogP contribution in [0.5, 0.6) is 11.5 Å². The molecule has 0 aliphatic heterocycles. The van der Waals surface area contributed by atoms with Gasteiger partial charge in [-0.2, -0.15) is 13.2 Å². The Morgan fingerprint density at radius 3 is 2.31 bits per heavy atom. The molecule has 2 aromatic carbocycles. The van der Waals surface area contributed by atoms with Crippen molar-refractivity contribution in [3.63, 3.8) is 0 Å². The van der Waals surface area contributed by atoms with Gasteiger partial charge in [0.25, 0.3) is 5.91 Å². The number of nitrogens with one attached hydrogen (secondary N) is 2. The molecular formula is C30H31F5N2O5. The Morgan fingerprint density at radius 1 is 0.929 bits per heavy atom. The van der Waals surface area contributed by atoms with Gasteiger partial charge in [-0.25, -0.2) is 8.78 Å². The van der Waals surface area contributed by atoms with Crippen LogP contribution >= 0.6 is 0 Å². The van der Waals surface area contributed by atoms with E-state index in [0.717, 1.165) is 31.3 Å². The quantitative estimate of drug-likeness (QED) is 0.293. The van der Waals surface area contributed by atoms with Crippen LogP contribution in [0, 0.1) is 35.3 Å². The fourth-order valence-electron chi connectivity index (χ4n) is 6.65. The molecule has 3 aliphatic rings. The minimum atomic E-state index is -4.93. The van der Waals surface area contributed by atoms with Gasteiger partial charge in [-0.1, -0.05) is 0 Å². The molecule has 0 heterocycles. The van der Waals surface area contributed by atoms with Crippen LogP contribution < -0.4 is 20.1 Å². The van der Waals surface area contributed by atoms with Crippen molar-refractivity contribution in [2.75, 3.05) is 12.4 Å². The summed E-state index contributed by atoms with van der Waals surface area (Å²) in [6, 6.07) is 3.93. The Kier molecular flexibility index (Phi) is 8.43. The van der Waals surface area contributed by atoms with E-state index in [9.17, 15) is 36.3 Å². The fourth-order valence-corrected chi connectivity index (χ4v) is 6.65. The van der Waals surface area contributed by atoms with Gasteiger partial charge in [0.2, 0.25) is 5.91 Å². The van der Waals surface area contributed by atoms with Gasteiger partial charge in [-0.15, -0.1) is 0 Å². The lowest BCUT2D eigenvalue weighted by Gasteiger charge is -2.31. The number of methoxy groups -OCH3 is 1. The number of rotatable bonds is 8. The molecule has 226 valence electrons. The molecule has 4 atom stereocenters. The molecule has 0 saturated heterocycles. The summed E-state index contributed by atoms with van der Waals surface area (Å²) in [5.41, 5.74) is -1.69. The minimum Gasteiger partial charge on any atom is -0.496 e. The van der Waals surface area contributed by atoms with Crippen LogP contribution in [0.15, 0.2) is 30.3 Å². The topological polar surface area (TPSA) is 93.7 Å². The summed E-state index contributed by atoms with van der Waals surface area (Å²) in [6.45, 7) is 0. The normalized spacial score (nSPS) is 26.9. The van der Waals surface area contributed by atoms with Gasteiger partial charge in [0, 0.05) is 23.7 Å². The molecular weight excluding hydrogens is 563 g/mol. The molecule has 12 heteroatoms. The van der Waals surface area contributed by atoms with Gasteiger partial charge in [-0.05, 0) is 81.0 Å². The van der Waals surface area contributed by atoms with E-state index in [-0.39, 0.29) is 46.6 Å². The highest BCUT2D eigenvalue weighted by Crippen LogP contribution is 2.49. The van der Waals surface area contributed by atoms with Crippen molar-refractivity contribution < 1.29 is 45.8 Å². The van der Waals surface area contributed by atoms with Gasteiger partial charge in [-0.3, -0.25) is 9.59 Å². The average molecular weight is 595 g/mol. The summed E-state index contributed by atoms with van der Waals surface area (Å²) in [5.74, 6) is -4.43. The summed E-state index contributed by atoms with van der Waals surface area (Å²) in [6.07, 6.45) is 0.178. The molecule has 42 heavy (non-hydrogen) atoms. The van der Waals surface area contributed by atoms with Gasteiger partial charge in [0.1, 0.15) is 17.9 Å². The predicted octanol–water partition coefficient (Wildman–Crippen LogP) is 5.91. The van der Waals surface area contributed by atoms with Crippen molar-refractivity contribution in [2.45, 2.75) is 63.3 Å². The van der Waals surface area contributed by atoms with E-state index in [2.05, 4.69) is 10.6 Å². The molecule has 5 rings (SSSR count). The Hall–Kier alpha value is -3.70. The Labute approximate surface area is 239 Å². The standard InChI is InChI=1S/C30H31F5N2O5/c1-41-24-13-23(32)25(42-19-7-2-15(14-38)3-8-19)12-20(24)28(39)37-27-17-5-4-16(10-17)26(27)29(40)36-18-6-9-22(31)21(11-18)30(33,34)35/h6,9,11-17,19,26-27H,2-5,7-8,10H2,1H3,(H,36,40)(H,37,39). The number of halogens is 5. The SMILES string of the molecule is COc1cc(F)c(OC2CCC(C=O)CC2)cc1C(=O)NC1C2CCC(C2)C1C(=O)Nc1ccc(F)c(C(F)(F)F)c1. The summed E-state index contributed by atoms with van der Waals surface area (Å²) in [5, 5.41) is 5.36. The predicted molar refractivity (Wildman–Crippen MR) is 141 cm³/mol. The second-order valence-corrected chi connectivity index (χ2v) is 11.3. The first-order valence-electron chi connectivity index (χ1n) is 14.0. The molecule has 2 amide bonds. The lowest BCUT2D eigenvalue weighted by atomic mass is 9.83. The van der Waals surface area contributed by atoms with Crippen LogP contribution in [0.2, 0.25) is 0 Å². The van der Waals surface area contributed by atoms with E-state index in [0.29, 0.717) is 44.2 Å². The van der Waals surface area contributed by atoms with Crippen molar-refractivity contribution >= 4 is 23.8 Å². The maximum atomic E-state index is 14.9. The number of aldehydes is 1. The fraction of sp³-hybridized carbons (Fsp3) is 0.500. The van der Waals surface area contributed by atoms with Crippen LogP contribution in [0.3, 0.4) is 0 Å². The van der Waals surface area contributed by atoms with E-state index in [1.54, 1.807) is 0 Å². The third-order valence-corrected chi connectivity index (χ3v) is 8.76. The van der Waals surface area contributed by atoms with Crippen LogP contribution in [0.25, 0.3) is 0 Å². The van der Waals surface area contributed by atoms with Crippen LogP contribution in [0.1, 0.15) is 60.9 Å². The molecule has 2 N–H and O–H groups in total. The maximum absolute atomic E-state index is 14.9. The van der Waals surface area contributed by atoms with Crippen molar-refractivity contribution in [1.29, 1.82) is 0 Å². The van der Waals surface area contributed by atoms with Crippen LogP contribution in [-0.2, 0) is 15.8 Å². The first kappa shape index (κ1) is 29.8. The number of ether oxygens (including phenoxy) is 2. The first-order chi connectivity index (χ1) is 20.0. The second-order valence-electron chi connectivity index (χ2n) is 11.3. The van der Waals surface area contributed by atoms with Crippen molar-refractivity contribution in [1.82, 2.24) is 5.32 Å². The molecule has 3 fully saturated rings. The summed E-state index contributed by atoms with van der Waals surface area (Å²) in [7, 11) is 1.29. The minimum absolute atomic E-state index is 0.00534. The van der Waals surface area contributed by atoms with Crippen LogP contribution in [-0.4, -0.2) is 37.4 Å². The zero-order chi connectivity index (χ0) is 30.2. The zero-order valence-corrected chi connectivity index (χ0v) is 22.8. The summed E-state index contributed by atoms with van der Waals surface area (Å²) >= 11 is 0. The third kappa shape index (κ3) is 6.07. The van der Waals surface area contributed by atoms with E-state index in [1.807, 2.05) is 0 Å². The monoisotopic (exact) mass is 594 g/mol. The smallest absolute Gasteiger partial charge is 0.419 e. The number of fused-ring (bicyclic) bond motifs is 2. The molecule has 4 unspecified atom stereocenters. The second kappa shape index (κ2) is 11.9. The highest BCUT2D eigenvalue weighted by molar-refractivity contribution is 5.99. The van der Waals surface area contributed by atoms with Crippen molar-refractivity contribution in [3.05, 3.63) is 53.1 Å². The summed E-state index contributed by atoms with van der Waals surface area (Å²) < 4.78 is 79.2. The highest BCUT2D eigenvalue weighted by Gasteiger charge is 2.51. The summed E-state index contributed by atoms with van der Waals surface area (Å²) in [4.78, 5) is 37.9. The van der Waals surface area contributed by atoms with Gasteiger partial charge < -0.3 is 24.9 Å². The number of anilines is 1. The maximum Gasteiger partial charge on any atom is 0.419 e. The molecule has 0 spiro atoms. The van der Waals surface area contributed by atoms with E-state index >= 15 is 0 Å². The largest absolute Gasteiger partial charge is 0.496 e. The Bertz CT molecular complexity index is 1360. The molecule has 7 nitrogen and oxygen atoms in total.